The van der Waals surface area contributed by atoms with Gasteiger partial charge in [0.05, 0.1) is 5.54 Å². The van der Waals surface area contributed by atoms with Gasteiger partial charge < -0.3 is 10.2 Å². The molecule has 1 aliphatic heterocycles. The van der Waals surface area contributed by atoms with E-state index < -0.39 is 0 Å². The zero-order valence-electron chi connectivity index (χ0n) is 15.3. The van der Waals surface area contributed by atoms with Gasteiger partial charge in [-0.2, -0.15) is 5.26 Å². The molecule has 2 rings (SSSR count). The minimum absolute atomic E-state index is 0.0531. The summed E-state index contributed by atoms with van der Waals surface area (Å²) in [5.41, 5.74) is 4.45. The van der Waals surface area contributed by atoms with Crippen LogP contribution in [0.5, 0.6) is 0 Å². The van der Waals surface area contributed by atoms with Crippen molar-refractivity contribution < 1.29 is 4.79 Å². The Hall–Kier alpha value is -2.54. The van der Waals surface area contributed by atoms with Crippen LogP contribution in [0, 0.1) is 11.3 Å². The van der Waals surface area contributed by atoms with Crippen LogP contribution in [0.15, 0.2) is 29.8 Å². The zero-order chi connectivity index (χ0) is 18.1. The molecule has 0 radical (unpaired) electrons. The molecule has 0 atom stereocenters. The number of benzene rings is 1. The van der Waals surface area contributed by atoms with Gasteiger partial charge >= 0.3 is 0 Å². The topological polar surface area (TPSA) is 56.1 Å². The van der Waals surface area contributed by atoms with E-state index in [-0.39, 0.29) is 17.0 Å². The number of amides is 1. The molecule has 126 valence electrons. The Morgan fingerprint density at radius 2 is 2.04 bits per heavy atom. The van der Waals surface area contributed by atoms with Crippen LogP contribution in [0.25, 0.3) is 11.6 Å². The number of rotatable bonds is 3. The predicted molar refractivity (Wildman–Crippen MR) is 99.4 cm³/mol. The van der Waals surface area contributed by atoms with Crippen LogP contribution in [0.2, 0.25) is 0 Å². The first-order chi connectivity index (χ1) is 11.2. The summed E-state index contributed by atoms with van der Waals surface area (Å²) < 4.78 is 0. The van der Waals surface area contributed by atoms with E-state index in [1.165, 1.54) is 18.3 Å². The van der Waals surface area contributed by atoms with Crippen molar-refractivity contribution in [2.24, 2.45) is 0 Å². The fraction of sp³-hybridized carbons (Fsp3) is 0.400. The minimum atomic E-state index is -0.368. The van der Waals surface area contributed by atoms with E-state index in [2.05, 4.69) is 57.0 Å². The molecule has 0 saturated heterocycles. The molecule has 1 heterocycles. The number of hydrogen-bond acceptors (Lipinski definition) is 3. The molecule has 0 unspecified atom stereocenters. The molecule has 24 heavy (non-hydrogen) atoms. The highest BCUT2D eigenvalue weighted by Crippen LogP contribution is 2.40. The summed E-state index contributed by atoms with van der Waals surface area (Å²) in [5, 5.41) is 11.7. The lowest BCUT2D eigenvalue weighted by atomic mass is 9.87. The summed E-state index contributed by atoms with van der Waals surface area (Å²) in [6.07, 6.45) is 3.90. The van der Waals surface area contributed by atoms with Crippen LogP contribution in [0.4, 0.5) is 5.69 Å². The van der Waals surface area contributed by atoms with E-state index in [0.29, 0.717) is 6.04 Å². The van der Waals surface area contributed by atoms with Crippen molar-refractivity contribution in [3.63, 3.8) is 0 Å². The largest absolute Gasteiger partial charge is 0.360 e. The normalized spacial score (nSPS) is 16.3. The summed E-state index contributed by atoms with van der Waals surface area (Å²) in [6, 6.07) is 8.41. The van der Waals surface area contributed by atoms with E-state index in [1.54, 1.807) is 6.08 Å². The van der Waals surface area contributed by atoms with E-state index in [0.717, 1.165) is 11.1 Å². The van der Waals surface area contributed by atoms with E-state index in [4.69, 9.17) is 5.26 Å². The van der Waals surface area contributed by atoms with Crippen molar-refractivity contribution >= 4 is 23.2 Å². The average molecular weight is 323 g/mol. The Labute approximate surface area is 144 Å². The van der Waals surface area contributed by atoms with Crippen molar-refractivity contribution in [3.8, 4) is 6.07 Å². The first kappa shape index (κ1) is 17.8. The van der Waals surface area contributed by atoms with Crippen LogP contribution in [0.1, 0.15) is 45.7 Å². The van der Waals surface area contributed by atoms with Crippen LogP contribution < -0.4 is 10.2 Å². The standard InChI is InChI=1S/C20H25N3O/c1-13(2)23-18-8-7-15(9-16(12-21)19(24)22-6)10-17(18)14(3)11-20(23,4)5/h7-11,13H,1-6H3,(H,22,24)/b16-9-. The molecule has 0 aliphatic carbocycles. The first-order valence-corrected chi connectivity index (χ1v) is 8.18. The van der Waals surface area contributed by atoms with Crippen molar-refractivity contribution in [2.45, 2.75) is 46.2 Å². The fourth-order valence-corrected chi connectivity index (χ4v) is 3.55. The molecule has 0 fully saturated rings. The smallest absolute Gasteiger partial charge is 0.261 e. The zero-order valence-corrected chi connectivity index (χ0v) is 15.3. The molecule has 1 amide bonds. The Morgan fingerprint density at radius 3 is 2.58 bits per heavy atom. The highest BCUT2D eigenvalue weighted by molar-refractivity contribution is 6.01. The number of carbonyl (C=O) groups is 1. The molecule has 0 aromatic heterocycles. The maximum atomic E-state index is 11.7. The number of nitriles is 1. The van der Waals surface area contributed by atoms with E-state index in [1.807, 2.05) is 18.2 Å². The highest BCUT2D eigenvalue weighted by atomic mass is 16.1. The van der Waals surface area contributed by atoms with Crippen molar-refractivity contribution in [3.05, 3.63) is 41.0 Å². The summed E-state index contributed by atoms with van der Waals surface area (Å²) in [6.45, 7) is 10.9. The molecule has 0 spiro atoms. The number of nitrogens with zero attached hydrogens (tertiary/aromatic N) is 2. The number of carbonyl (C=O) groups excluding carboxylic acids is 1. The maximum Gasteiger partial charge on any atom is 0.261 e. The van der Waals surface area contributed by atoms with Crippen LogP contribution in [-0.4, -0.2) is 24.5 Å². The van der Waals surface area contributed by atoms with Crippen LogP contribution in [-0.2, 0) is 4.79 Å². The summed E-state index contributed by atoms with van der Waals surface area (Å²) in [4.78, 5) is 14.1. The number of likely N-dealkylation sites (N-methyl/N-ethyl adjacent to an activating group) is 1. The van der Waals surface area contributed by atoms with Gasteiger partial charge in [-0.15, -0.1) is 0 Å². The third kappa shape index (κ3) is 3.21. The van der Waals surface area contributed by atoms with Crippen LogP contribution in [0.3, 0.4) is 0 Å². The molecular formula is C20H25N3O. The Kier molecular flexibility index (Phi) is 4.84. The molecule has 1 aliphatic rings. The Morgan fingerprint density at radius 1 is 1.38 bits per heavy atom. The van der Waals surface area contributed by atoms with Gasteiger partial charge in [0.1, 0.15) is 11.6 Å². The van der Waals surface area contributed by atoms with Gasteiger partial charge in [0.15, 0.2) is 0 Å². The number of anilines is 1. The fourth-order valence-electron chi connectivity index (χ4n) is 3.55. The Balaban J connectivity index is 2.56. The van der Waals surface area contributed by atoms with Crippen molar-refractivity contribution in [2.75, 3.05) is 11.9 Å². The maximum absolute atomic E-state index is 11.7. The third-order valence-corrected chi connectivity index (χ3v) is 4.32. The SMILES string of the molecule is CNC(=O)/C(C#N)=C\c1ccc2c(c1)C(C)=CC(C)(C)N2C(C)C. The number of nitrogens with one attached hydrogen (secondary N) is 1. The monoisotopic (exact) mass is 323 g/mol. The van der Waals surface area contributed by atoms with Gasteiger partial charge in [0, 0.05) is 24.3 Å². The summed E-state index contributed by atoms with van der Waals surface area (Å²) >= 11 is 0. The van der Waals surface area contributed by atoms with Gasteiger partial charge in [-0.25, -0.2) is 0 Å². The molecule has 0 bridgehead atoms. The van der Waals surface area contributed by atoms with Gasteiger partial charge in [-0.1, -0.05) is 12.1 Å². The second kappa shape index (κ2) is 6.52. The van der Waals surface area contributed by atoms with Gasteiger partial charge in [-0.3, -0.25) is 4.79 Å². The second-order valence-electron chi connectivity index (χ2n) is 6.97. The van der Waals surface area contributed by atoms with Crippen LogP contribution >= 0.6 is 0 Å². The molecule has 4 nitrogen and oxygen atoms in total. The van der Waals surface area contributed by atoms with Crippen molar-refractivity contribution in [1.29, 1.82) is 5.26 Å². The quantitative estimate of drug-likeness (QED) is 0.681. The molecule has 0 saturated carbocycles. The first-order valence-electron chi connectivity index (χ1n) is 8.18. The highest BCUT2D eigenvalue weighted by Gasteiger charge is 2.32. The number of allylic oxidation sites excluding steroid dienone is 1. The molecule has 1 aromatic carbocycles. The predicted octanol–water partition coefficient (Wildman–Crippen LogP) is 3.75. The third-order valence-electron chi connectivity index (χ3n) is 4.32. The molecule has 1 aromatic rings. The van der Waals surface area contributed by atoms with Gasteiger partial charge in [0.25, 0.3) is 5.91 Å². The average Bonchev–Trinajstić information content (AvgIpc) is 2.51. The Bertz CT molecular complexity index is 764. The molecular weight excluding hydrogens is 298 g/mol. The van der Waals surface area contributed by atoms with Crippen molar-refractivity contribution in [1.82, 2.24) is 5.32 Å². The van der Waals surface area contributed by atoms with E-state index in [9.17, 15) is 4.79 Å². The lowest BCUT2D eigenvalue weighted by Crippen LogP contribution is -2.49. The number of hydrogen-bond donors (Lipinski definition) is 1. The lowest BCUT2D eigenvalue weighted by Gasteiger charge is -2.46. The minimum Gasteiger partial charge on any atom is -0.360 e. The molecule has 4 heteroatoms. The summed E-state index contributed by atoms with van der Waals surface area (Å²) in [5.74, 6) is -0.368. The lowest BCUT2D eigenvalue weighted by molar-refractivity contribution is -0.116. The van der Waals surface area contributed by atoms with E-state index >= 15 is 0 Å². The van der Waals surface area contributed by atoms with Gasteiger partial charge in [-0.05, 0) is 64.0 Å². The summed E-state index contributed by atoms with van der Waals surface area (Å²) in [7, 11) is 1.52. The van der Waals surface area contributed by atoms with Gasteiger partial charge in [0.2, 0.25) is 0 Å². The number of fused-ring (bicyclic) bond motifs is 1. The molecule has 1 N–H and O–H groups in total. The second-order valence-corrected chi connectivity index (χ2v) is 6.97.